The topological polar surface area (TPSA) is 83.2 Å². The van der Waals surface area contributed by atoms with E-state index < -0.39 is 18.1 Å². The monoisotopic (exact) mass is 505 g/mol. The van der Waals surface area contributed by atoms with Gasteiger partial charge in [-0.2, -0.15) is 5.10 Å². The van der Waals surface area contributed by atoms with E-state index in [1.807, 2.05) is 18.7 Å². The van der Waals surface area contributed by atoms with Crippen LogP contribution in [-0.4, -0.2) is 73.9 Å². The zero-order valence-electron chi connectivity index (χ0n) is 19.5. The number of β-amino-alcohol motifs (C(OH)–C–C–N with tert-alkyl or cyclic N) is 1. The molecule has 5 rings (SSSR count). The van der Waals surface area contributed by atoms with Crippen LogP contribution >= 0.6 is 11.6 Å². The lowest BCUT2D eigenvalue weighted by Gasteiger charge is -2.34. The molecule has 1 saturated heterocycles. The van der Waals surface area contributed by atoms with Crippen LogP contribution in [0.4, 0.5) is 8.78 Å². The van der Waals surface area contributed by atoms with Crippen LogP contribution in [0, 0.1) is 19.7 Å². The normalized spacial score (nSPS) is 20.5. The number of halogens is 3. The molecule has 0 saturated carbocycles. The van der Waals surface area contributed by atoms with Gasteiger partial charge in [-0.15, -0.1) is 0 Å². The van der Waals surface area contributed by atoms with Crippen LogP contribution in [0.5, 0.6) is 5.75 Å². The largest absolute Gasteiger partial charge is 0.486 e. The van der Waals surface area contributed by atoms with Crippen molar-refractivity contribution in [2.45, 2.75) is 45.6 Å². The second-order valence-electron chi connectivity index (χ2n) is 9.04. The van der Waals surface area contributed by atoms with Crippen molar-refractivity contribution in [2.24, 2.45) is 0 Å². The number of aromatic nitrogens is 3. The number of likely N-dealkylation sites (tertiary alicyclic amines) is 1. The van der Waals surface area contributed by atoms with Gasteiger partial charge in [0.15, 0.2) is 5.65 Å². The Labute approximate surface area is 206 Å². The fraction of sp³-hybridized carbons (Fsp3) is 0.458. The van der Waals surface area contributed by atoms with Crippen molar-refractivity contribution in [1.82, 2.24) is 24.4 Å². The lowest BCUT2D eigenvalue weighted by atomic mass is 10.1. The molecule has 0 spiro atoms. The number of carbonyl (C=O) groups excluding carboxylic acids is 1. The number of fused-ring (bicyclic) bond motifs is 3. The maximum atomic E-state index is 14.8. The predicted octanol–water partition coefficient (Wildman–Crippen LogP) is 3.08. The SMILES string of the molecule is Cc1nc2c3c(nn2c(C)c1Cl)CN(C(=O)c1ccc(F)cc1OC1CCN(CCO)CC1F)C3. The smallest absolute Gasteiger partial charge is 0.258 e. The number of piperidine rings is 1. The highest BCUT2D eigenvalue weighted by atomic mass is 35.5. The van der Waals surface area contributed by atoms with Crippen molar-refractivity contribution in [3.8, 4) is 5.75 Å². The van der Waals surface area contributed by atoms with E-state index >= 15 is 0 Å². The molecular formula is C24H26ClF2N5O3. The first-order valence-electron chi connectivity index (χ1n) is 11.5. The number of amides is 1. The molecule has 3 aromatic rings. The van der Waals surface area contributed by atoms with Crippen molar-refractivity contribution < 1.29 is 23.4 Å². The van der Waals surface area contributed by atoms with Crippen molar-refractivity contribution in [1.29, 1.82) is 0 Å². The Hall–Kier alpha value is -2.82. The molecule has 0 radical (unpaired) electrons. The highest BCUT2D eigenvalue weighted by molar-refractivity contribution is 6.31. The van der Waals surface area contributed by atoms with Gasteiger partial charge in [0.05, 0.1) is 47.4 Å². The van der Waals surface area contributed by atoms with Crippen LogP contribution in [0.3, 0.4) is 0 Å². The predicted molar refractivity (Wildman–Crippen MR) is 125 cm³/mol. The maximum absolute atomic E-state index is 14.8. The number of alkyl halides is 1. The molecule has 4 heterocycles. The van der Waals surface area contributed by atoms with Crippen LogP contribution in [0.2, 0.25) is 5.02 Å². The van der Waals surface area contributed by atoms with E-state index in [1.165, 1.54) is 12.1 Å². The number of nitrogens with zero attached hydrogens (tertiary/aromatic N) is 5. The van der Waals surface area contributed by atoms with Crippen LogP contribution in [-0.2, 0) is 13.1 Å². The number of hydrogen-bond acceptors (Lipinski definition) is 6. The molecule has 2 aromatic heterocycles. The number of carbonyl (C=O) groups is 1. The molecule has 35 heavy (non-hydrogen) atoms. The quantitative estimate of drug-likeness (QED) is 0.574. The summed E-state index contributed by atoms with van der Waals surface area (Å²) in [4.78, 5) is 21.4. The first kappa shape index (κ1) is 23.9. The lowest BCUT2D eigenvalue weighted by Crippen LogP contribution is -2.47. The average molecular weight is 506 g/mol. The van der Waals surface area contributed by atoms with E-state index in [0.29, 0.717) is 35.9 Å². The first-order chi connectivity index (χ1) is 16.8. The molecule has 1 N–H and O–H groups in total. The molecule has 1 amide bonds. The highest BCUT2D eigenvalue weighted by Gasteiger charge is 2.34. The number of aryl methyl sites for hydroxylation is 2. The Morgan fingerprint density at radius 1 is 1.31 bits per heavy atom. The molecule has 8 nitrogen and oxygen atoms in total. The second kappa shape index (κ2) is 9.33. The van der Waals surface area contributed by atoms with Gasteiger partial charge >= 0.3 is 0 Å². The fourth-order valence-corrected chi connectivity index (χ4v) is 4.91. The fourth-order valence-electron chi connectivity index (χ4n) is 4.78. The first-order valence-corrected chi connectivity index (χ1v) is 11.9. The zero-order chi connectivity index (χ0) is 24.9. The van der Waals surface area contributed by atoms with Gasteiger partial charge in [0.2, 0.25) is 0 Å². The summed E-state index contributed by atoms with van der Waals surface area (Å²) in [5.41, 5.74) is 3.85. The number of aliphatic hydroxyl groups excluding tert-OH is 1. The highest BCUT2D eigenvalue weighted by Crippen LogP contribution is 2.32. The van der Waals surface area contributed by atoms with Gasteiger partial charge in [-0.1, -0.05) is 11.6 Å². The summed E-state index contributed by atoms with van der Waals surface area (Å²) in [6.07, 6.45) is -1.77. The van der Waals surface area contributed by atoms with Gasteiger partial charge < -0.3 is 14.7 Å². The second-order valence-corrected chi connectivity index (χ2v) is 9.42. The standard InChI is InChI=1S/C24H26ClF2N5O3/c1-13-22(25)14(2)32-23(28-13)17-10-31(12-19(17)29-32)24(34)16-4-3-15(26)9-21(16)35-20-5-6-30(7-8-33)11-18(20)27/h3-4,9,18,20,33H,5-8,10-12H2,1-2H3. The minimum Gasteiger partial charge on any atom is -0.486 e. The van der Waals surface area contributed by atoms with Crippen molar-refractivity contribution in [3.63, 3.8) is 0 Å². The van der Waals surface area contributed by atoms with Gasteiger partial charge in [-0.25, -0.2) is 18.3 Å². The van der Waals surface area contributed by atoms with Crippen LogP contribution in [0.1, 0.15) is 39.4 Å². The molecule has 2 unspecified atom stereocenters. The number of ether oxygens (including phenoxy) is 1. The third-order valence-electron chi connectivity index (χ3n) is 6.68. The Morgan fingerprint density at radius 3 is 2.86 bits per heavy atom. The van der Waals surface area contributed by atoms with E-state index in [2.05, 4.69) is 10.1 Å². The minimum atomic E-state index is -1.32. The molecule has 0 aliphatic carbocycles. The summed E-state index contributed by atoms with van der Waals surface area (Å²) in [6, 6.07) is 3.69. The van der Waals surface area contributed by atoms with E-state index in [9.17, 15) is 13.6 Å². The molecule has 1 aromatic carbocycles. The number of aliphatic hydroxyl groups is 1. The van der Waals surface area contributed by atoms with Crippen molar-refractivity contribution in [3.05, 3.63) is 57.2 Å². The number of benzene rings is 1. The van der Waals surface area contributed by atoms with Gasteiger partial charge in [0.25, 0.3) is 5.91 Å². The van der Waals surface area contributed by atoms with Gasteiger partial charge in [-0.3, -0.25) is 9.69 Å². The number of rotatable bonds is 5. The molecule has 1 fully saturated rings. The maximum Gasteiger partial charge on any atom is 0.258 e. The summed E-state index contributed by atoms with van der Waals surface area (Å²) in [5, 5.41) is 14.2. The summed E-state index contributed by atoms with van der Waals surface area (Å²) in [5.74, 6) is -0.903. The Balaban J connectivity index is 1.37. The summed E-state index contributed by atoms with van der Waals surface area (Å²) < 4.78 is 36.4. The van der Waals surface area contributed by atoms with Crippen molar-refractivity contribution in [2.75, 3.05) is 26.2 Å². The summed E-state index contributed by atoms with van der Waals surface area (Å²) in [7, 11) is 0. The van der Waals surface area contributed by atoms with Crippen LogP contribution in [0.25, 0.3) is 5.65 Å². The van der Waals surface area contributed by atoms with Crippen molar-refractivity contribution >= 4 is 23.2 Å². The van der Waals surface area contributed by atoms with E-state index in [1.54, 1.807) is 9.42 Å². The average Bonchev–Trinajstić information content (AvgIpc) is 3.38. The van der Waals surface area contributed by atoms with Crippen LogP contribution < -0.4 is 4.74 Å². The van der Waals surface area contributed by atoms with Gasteiger partial charge in [0.1, 0.15) is 23.8 Å². The minimum absolute atomic E-state index is 0.0219. The Kier molecular flexibility index (Phi) is 6.37. The lowest BCUT2D eigenvalue weighted by molar-refractivity contribution is 0.0158. The molecule has 2 aliphatic rings. The van der Waals surface area contributed by atoms with E-state index in [0.717, 1.165) is 23.0 Å². The molecule has 2 aliphatic heterocycles. The molecule has 2 atom stereocenters. The molecule has 0 bridgehead atoms. The van der Waals surface area contributed by atoms with E-state index in [-0.39, 0.29) is 43.5 Å². The Bertz CT molecular complexity index is 1300. The summed E-state index contributed by atoms with van der Waals surface area (Å²) >= 11 is 6.31. The molecule has 11 heteroatoms. The van der Waals surface area contributed by atoms with Crippen LogP contribution in [0.15, 0.2) is 18.2 Å². The third-order valence-corrected chi connectivity index (χ3v) is 7.22. The molecule has 186 valence electrons. The third kappa shape index (κ3) is 4.34. The summed E-state index contributed by atoms with van der Waals surface area (Å²) in [6.45, 7) is 5.22. The Morgan fingerprint density at radius 2 is 2.11 bits per heavy atom. The van der Waals surface area contributed by atoms with Gasteiger partial charge in [-0.05, 0) is 32.4 Å². The molecular weight excluding hydrogens is 480 g/mol. The van der Waals surface area contributed by atoms with Gasteiger partial charge in [0, 0.05) is 31.3 Å². The number of hydrogen-bond donors (Lipinski definition) is 1. The van der Waals surface area contributed by atoms with E-state index in [4.69, 9.17) is 21.4 Å². The zero-order valence-corrected chi connectivity index (χ0v) is 20.2.